The van der Waals surface area contributed by atoms with Gasteiger partial charge in [0, 0.05) is 23.0 Å². The molecule has 0 unspecified atom stereocenters. The summed E-state index contributed by atoms with van der Waals surface area (Å²) in [7, 11) is 0. The van der Waals surface area contributed by atoms with E-state index in [4.69, 9.17) is 0 Å². The van der Waals surface area contributed by atoms with Crippen LogP contribution in [0.25, 0.3) is 10.8 Å². The molecule has 0 radical (unpaired) electrons. The average Bonchev–Trinajstić information content (AvgIpc) is 3.39. The molecule has 0 aliphatic heterocycles. The van der Waals surface area contributed by atoms with Crippen LogP contribution in [0.4, 0.5) is 5.69 Å². The first-order chi connectivity index (χ1) is 12.6. The highest BCUT2D eigenvalue weighted by Crippen LogP contribution is 2.41. The maximum atomic E-state index is 12.5. The summed E-state index contributed by atoms with van der Waals surface area (Å²) in [5.74, 6) is 1.90. The second-order valence-corrected chi connectivity index (χ2v) is 7.88. The fourth-order valence-electron chi connectivity index (χ4n) is 3.14. The Morgan fingerprint density at radius 3 is 2.73 bits per heavy atom. The predicted octanol–water partition coefficient (Wildman–Crippen LogP) is 4.62. The number of rotatable bonds is 6. The van der Waals surface area contributed by atoms with Crippen molar-refractivity contribution < 1.29 is 4.79 Å². The minimum atomic E-state index is -0.0300. The Kier molecular flexibility index (Phi) is 4.68. The van der Waals surface area contributed by atoms with E-state index in [1.807, 2.05) is 42.5 Å². The van der Waals surface area contributed by atoms with Gasteiger partial charge in [-0.1, -0.05) is 48.2 Å². The lowest BCUT2D eigenvalue weighted by molar-refractivity contribution is -0.113. The summed E-state index contributed by atoms with van der Waals surface area (Å²) in [6.07, 6.45) is 2.38. The number of thioether (sulfide) groups is 1. The summed E-state index contributed by atoms with van der Waals surface area (Å²) in [6, 6.07) is 14.3. The topological polar surface area (TPSA) is 59.8 Å². The molecule has 4 rings (SSSR count). The first kappa shape index (κ1) is 17.1. The molecule has 134 valence electrons. The highest BCUT2D eigenvalue weighted by molar-refractivity contribution is 7.99. The van der Waals surface area contributed by atoms with Crippen molar-refractivity contribution in [3.05, 3.63) is 48.3 Å². The largest absolute Gasteiger partial charge is 0.325 e. The summed E-state index contributed by atoms with van der Waals surface area (Å²) >= 11 is 1.45. The van der Waals surface area contributed by atoms with Gasteiger partial charge in [0.25, 0.3) is 0 Å². The first-order valence-electron chi connectivity index (χ1n) is 8.98. The van der Waals surface area contributed by atoms with Crippen molar-refractivity contribution in [3.63, 3.8) is 0 Å². The van der Waals surface area contributed by atoms with Crippen LogP contribution in [0.5, 0.6) is 0 Å². The summed E-state index contributed by atoms with van der Waals surface area (Å²) in [5.41, 5.74) is 0.845. The molecule has 0 spiro atoms. The molecule has 6 heteroatoms. The first-order valence-corrected chi connectivity index (χ1v) is 9.97. The van der Waals surface area contributed by atoms with Crippen LogP contribution in [0.1, 0.15) is 44.5 Å². The van der Waals surface area contributed by atoms with Crippen LogP contribution in [0.3, 0.4) is 0 Å². The van der Waals surface area contributed by atoms with Gasteiger partial charge < -0.3 is 9.88 Å². The highest BCUT2D eigenvalue weighted by Gasteiger charge is 2.31. The van der Waals surface area contributed by atoms with Gasteiger partial charge in [0.05, 0.1) is 5.75 Å². The van der Waals surface area contributed by atoms with Crippen LogP contribution in [0.2, 0.25) is 0 Å². The third-order valence-corrected chi connectivity index (χ3v) is 5.49. The molecule has 1 saturated carbocycles. The minimum Gasteiger partial charge on any atom is -0.325 e. The van der Waals surface area contributed by atoms with E-state index in [2.05, 4.69) is 33.9 Å². The van der Waals surface area contributed by atoms with Gasteiger partial charge in [-0.2, -0.15) is 0 Å². The van der Waals surface area contributed by atoms with Gasteiger partial charge in [-0.3, -0.25) is 4.79 Å². The molecule has 3 aromatic rings. The average molecular weight is 366 g/mol. The molecule has 1 aliphatic rings. The summed E-state index contributed by atoms with van der Waals surface area (Å²) in [6.45, 7) is 4.27. The zero-order chi connectivity index (χ0) is 18.1. The summed E-state index contributed by atoms with van der Waals surface area (Å²) < 4.78 is 2.17. The fraction of sp³-hybridized carbons (Fsp3) is 0.350. The van der Waals surface area contributed by atoms with Crippen LogP contribution < -0.4 is 5.32 Å². The van der Waals surface area contributed by atoms with E-state index in [0.29, 0.717) is 17.7 Å². The predicted molar refractivity (Wildman–Crippen MR) is 106 cm³/mol. The number of hydrogen-bond acceptors (Lipinski definition) is 4. The van der Waals surface area contributed by atoms with Gasteiger partial charge in [0.1, 0.15) is 5.82 Å². The van der Waals surface area contributed by atoms with Crippen molar-refractivity contribution in [1.29, 1.82) is 0 Å². The molecule has 1 N–H and O–H groups in total. The zero-order valence-electron chi connectivity index (χ0n) is 15.0. The number of aromatic nitrogens is 3. The van der Waals surface area contributed by atoms with E-state index in [9.17, 15) is 4.79 Å². The highest BCUT2D eigenvalue weighted by atomic mass is 32.2. The zero-order valence-corrected chi connectivity index (χ0v) is 15.8. The smallest absolute Gasteiger partial charge is 0.234 e. The Hall–Kier alpha value is -2.34. The van der Waals surface area contributed by atoms with Gasteiger partial charge in [-0.05, 0) is 38.1 Å². The number of carbonyl (C=O) groups is 1. The number of carbonyl (C=O) groups excluding carboxylic acids is 1. The second kappa shape index (κ2) is 7.11. The Morgan fingerprint density at radius 2 is 1.96 bits per heavy atom. The van der Waals surface area contributed by atoms with Crippen LogP contribution in [0, 0.1) is 0 Å². The van der Waals surface area contributed by atoms with Gasteiger partial charge >= 0.3 is 0 Å². The molecule has 0 saturated heterocycles. The van der Waals surface area contributed by atoms with Crippen molar-refractivity contribution >= 4 is 34.1 Å². The van der Waals surface area contributed by atoms with Crippen molar-refractivity contribution in [3.8, 4) is 0 Å². The fourth-order valence-corrected chi connectivity index (χ4v) is 4.02. The number of nitrogens with zero attached hydrogens (tertiary/aromatic N) is 3. The molecule has 1 amide bonds. The van der Waals surface area contributed by atoms with E-state index < -0.39 is 0 Å². The molecule has 5 nitrogen and oxygen atoms in total. The standard InChI is InChI=1S/C20H22N4OS/c1-13(2)24-19(15-10-11-15)22-23-20(24)26-12-18(25)21-17-9-5-7-14-6-3-4-8-16(14)17/h3-9,13,15H,10-12H2,1-2H3,(H,21,25). The van der Waals surface area contributed by atoms with E-state index in [1.54, 1.807) is 0 Å². The molecule has 26 heavy (non-hydrogen) atoms. The Bertz CT molecular complexity index is 941. The van der Waals surface area contributed by atoms with Crippen LogP contribution in [-0.2, 0) is 4.79 Å². The number of nitrogens with one attached hydrogen (secondary N) is 1. The van der Waals surface area contributed by atoms with Crippen molar-refractivity contribution in [1.82, 2.24) is 14.8 Å². The van der Waals surface area contributed by atoms with E-state index in [-0.39, 0.29) is 5.91 Å². The minimum absolute atomic E-state index is 0.0300. The summed E-state index contributed by atoms with van der Waals surface area (Å²) in [5, 5.41) is 14.7. The van der Waals surface area contributed by atoms with Crippen LogP contribution >= 0.6 is 11.8 Å². The van der Waals surface area contributed by atoms with Gasteiger partial charge in [0.15, 0.2) is 5.16 Å². The van der Waals surface area contributed by atoms with Crippen molar-refractivity contribution in [2.75, 3.05) is 11.1 Å². The molecule has 1 aliphatic carbocycles. The second-order valence-electron chi connectivity index (χ2n) is 6.94. The van der Waals surface area contributed by atoms with Crippen molar-refractivity contribution in [2.24, 2.45) is 0 Å². The van der Waals surface area contributed by atoms with Crippen LogP contribution in [0.15, 0.2) is 47.6 Å². The molecular weight excluding hydrogens is 344 g/mol. The van der Waals surface area contributed by atoms with Gasteiger partial charge in [0.2, 0.25) is 5.91 Å². The number of benzene rings is 2. The SMILES string of the molecule is CC(C)n1c(SCC(=O)Nc2cccc3ccccc23)nnc1C1CC1. The number of anilines is 1. The van der Waals surface area contributed by atoms with E-state index in [1.165, 1.54) is 24.6 Å². The Balaban J connectivity index is 1.46. The number of fused-ring (bicyclic) bond motifs is 1. The molecule has 1 aromatic heterocycles. The van der Waals surface area contributed by atoms with Gasteiger partial charge in [-0.25, -0.2) is 0 Å². The van der Waals surface area contributed by atoms with Gasteiger partial charge in [-0.15, -0.1) is 10.2 Å². The lowest BCUT2D eigenvalue weighted by Gasteiger charge is -2.13. The van der Waals surface area contributed by atoms with E-state index >= 15 is 0 Å². The van der Waals surface area contributed by atoms with Crippen molar-refractivity contribution in [2.45, 2.75) is 43.8 Å². The van der Waals surface area contributed by atoms with Crippen LogP contribution in [-0.4, -0.2) is 26.4 Å². The lowest BCUT2D eigenvalue weighted by atomic mass is 10.1. The summed E-state index contributed by atoms with van der Waals surface area (Å²) in [4.78, 5) is 12.5. The maximum Gasteiger partial charge on any atom is 0.234 e. The monoisotopic (exact) mass is 366 g/mol. The Labute approximate surface area is 157 Å². The molecular formula is C20H22N4OS. The quantitative estimate of drug-likeness (QED) is 0.647. The molecule has 0 bridgehead atoms. The maximum absolute atomic E-state index is 12.5. The number of hydrogen-bond donors (Lipinski definition) is 1. The third kappa shape index (κ3) is 3.46. The normalized spacial score (nSPS) is 14.1. The van der Waals surface area contributed by atoms with E-state index in [0.717, 1.165) is 27.4 Å². The Morgan fingerprint density at radius 1 is 1.19 bits per heavy atom. The third-order valence-electron chi connectivity index (χ3n) is 4.55. The molecule has 0 atom stereocenters. The molecule has 2 aromatic carbocycles. The number of amides is 1. The molecule has 1 heterocycles. The molecule has 1 fully saturated rings. The lowest BCUT2D eigenvalue weighted by Crippen LogP contribution is -2.15.